The Bertz CT molecular complexity index is 1200. The molecule has 3 aliphatic rings. The van der Waals surface area contributed by atoms with Crippen LogP contribution < -0.4 is 5.73 Å². The van der Waals surface area contributed by atoms with E-state index in [0.717, 1.165) is 24.4 Å². The van der Waals surface area contributed by atoms with Crippen molar-refractivity contribution in [2.24, 2.45) is 17.6 Å². The second-order valence-electron chi connectivity index (χ2n) is 9.54. The zero-order valence-electron chi connectivity index (χ0n) is 18.2. The van der Waals surface area contributed by atoms with E-state index in [1.54, 1.807) is 0 Å². The van der Waals surface area contributed by atoms with Gasteiger partial charge in [-0.1, -0.05) is 6.07 Å². The highest BCUT2D eigenvalue weighted by Crippen LogP contribution is 2.69. The van der Waals surface area contributed by atoms with Crippen molar-refractivity contribution in [1.29, 1.82) is 0 Å². The lowest BCUT2D eigenvalue weighted by molar-refractivity contribution is -0.137. The van der Waals surface area contributed by atoms with Crippen LogP contribution >= 0.6 is 0 Å². The number of alkyl halides is 5. The smallest absolute Gasteiger partial charge is 0.368 e. The lowest BCUT2D eigenvalue weighted by atomic mass is 9.82. The van der Waals surface area contributed by atoms with Crippen LogP contribution in [0, 0.1) is 17.7 Å². The van der Waals surface area contributed by atoms with Crippen molar-refractivity contribution in [3.05, 3.63) is 64.7 Å². The number of carbonyl (C=O) groups excluding carboxylic acids is 2. The number of halogens is 6. The Morgan fingerprint density at radius 1 is 1.14 bits per heavy atom. The number of fused-ring (bicyclic) bond motifs is 1. The number of primary amides is 1. The molecule has 1 aromatic carbocycles. The molecule has 2 aromatic rings. The SMILES string of the molecule is NC(=O)C1CC2CC2([C@@H](c2ccc(C(F)(F)F)cc2F)C2CC2)N1C(=O)c1ccnc(C(F)F)c1. The van der Waals surface area contributed by atoms with Crippen LogP contribution in [0.5, 0.6) is 0 Å². The lowest BCUT2D eigenvalue weighted by Crippen LogP contribution is -2.53. The lowest BCUT2D eigenvalue weighted by Gasteiger charge is -2.39. The highest BCUT2D eigenvalue weighted by molar-refractivity contribution is 5.99. The molecule has 3 unspecified atom stereocenters. The number of pyridine rings is 1. The van der Waals surface area contributed by atoms with Crippen molar-refractivity contribution < 1.29 is 35.9 Å². The minimum absolute atomic E-state index is 0.0499. The van der Waals surface area contributed by atoms with Gasteiger partial charge in [0.1, 0.15) is 17.6 Å². The van der Waals surface area contributed by atoms with Crippen LogP contribution in [-0.4, -0.2) is 33.3 Å². The molecule has 5 nitrogen and oxygen atoms in total. The van der Waals surface area contributed by atoms with E-state index in [1.807, 2.05) is 0 Å². The molecule has 11 heteroatoms. The number of nitrogens with zero attached hydrogens (tertiary/aromatic N) is 2. The van der Waals surface area contributed by atoms with Crippen LogP contribution in [0.2, 0.25) is 0 Å². The third-order valence-electron chi connectivity index (χ3n) is 7.48. The number of benzene rings is 1. The van der Waals surface area contributed by atoms with Crippen molar-refractivity contribution in [2.75, 3.05) is 0 Å². The fourth-order valence-corrected chi connectivity index (χ4v) is 5.84. The molecule has 1 saturated heterocycles. The first-order valence-electron chi connectivity index (χ1n) is 11.2. The molecule has 2 heterocycles. The summed E-state index contributed by atoms with van der Waals surface area (Å²) in [6.07, 6.45) is -4.56. The molecule has 2 saturated carbocycles. The summed E-state index contributed by atoms with van der Waals surface area (Å²) in [5.41, 5.74) is 2.75. The molecule has 1 aromatic heterocycles. The monoisotopic (exact) mass is 497 g/mol. The summed E-state index contributed by atoms with van der Waals surface area (Å²) in [5.74, 6) is -3.49. The zero-order chi connectivity index (χ0) is 25.3. The van der Waals surface area contributed by atoms with E-state index in [-0.39, 0.29) is 29.4 Å². The maximum Gasteiger partial charge on any atom is 0.416 e. The average molecular weight is 497 g/mol. The minimum Gasteiger partial charge on any atom is -0.368 e. The predicted molar refractivity (Wildman–Crippen MR) is 111 cm³/mol. The van der Waals surface area contributed by atoms with Crippen molar-refractivity contribution >= 4 is 11.8 Å². The molecule has 5 rings (SSSR count). The summed E-state index contributed by atoms with van der Waals surface area (Å²) in [6, 6.07) is 3.52. The van der Waals surface area contributed by atoms with Gasteiger partial charge >= 0.3 is 6.18 Å². The summed E-state index contributed by atoms with van der Waals surface area (Å²) in [4.78, 5) is 30.8. The van der Waals surface area contributed by atoms with Crippen LogP contribution in [-0.2, 0) is 11.0 Å². The first-order chi connectivity index (χ1) is 16.4. The first kappa shape index (κ1) is 23.6. The minimum atomic E-state index is -4.72. The Balaban J connectivity index is 1.59. The van der Waals surface area contributed by atoms with Crippen molar-refractivity contribution in [2.45, 2.75) is 55.8 Å². The van der Waals surface area contributed by atoms with E-state index in [1.165, 1.54) is 11.0 Å². The first-order valence-corrected chi connectivity index (χ1v) is 11.2. The maximum absolute atomic E-state index is 15.1. The van der Waals surface area contributed by atoms with Crippen LogP contribution in [0.1, 0.15) is 65.2 Å². The second-order valence-corrected chi connectivity index (χ2v) is 9.54. The number of hydrogen-bond acceptors (Lipinski definition) is 3. The van der Waals surface area contributed by atoms with Gasteiger partial charge in [0.25, 0.3) is 12.3 Å². The molecule has 2 amide bonds. The van der Waals surface area contributed by atoms with Gasteiger partial charge < -0.3 is 10.6 Å². The summed E-state index contributed by atoms with van der Waals surface area (Å²) >= 11 is 0. The highest BCUT2D eigenvalue weighted by Gasteiger charge is 2.73. The Morgan fingerprint density at radius 2 is 1.86 bits per heavy atom. The number of carbonyl (C=O) groups is 2. The van der Waals surface area contributed by atoms with Gasteiger partial charge in [0.05, 0.1) is 11.1 Å². The number of amides is 2. The van der Waals surface area contributed by atoms with E-state index in [9.17, 15) is 31.5 Å². The highest BCUT2D eigenvalue weighted by atomic mass is 19.4. The maximum atomic E-state index is 15.1. The van der Waals surface area contributed by atoms with E-state index >= 15 is 4.39 Å². The van der Waals surface area contributed by atoms with Gasteiger partial charge in [-0.25, -0.2) is 13.2 Å². The number of aromatic nitrogens is 1. The molecule has 0 radical (unpaired) electrons. The van der Waals surface area contributed by atoms with Crippen molar-refractivity contribution in [3.63, 3.8) is 0 Å². The van der Waals surface area contributed by atoms with Gasteiger partial charge in [0.15, 0.2) is 0 Å². The standard InChI is InChI=1S/C24H21F6N3O2/c25-16-8-13(24(28,29)30)3-4-15(16)19(11-1-2-11)23-10-14(23)9-18(21(31)34)33(23)22(35)12-5-6-32-17(7-12)20(26)27/h3-8,11,14,18-20H,1-2,9-10H2,(H2,31,34)/t14?,18?,19-,23?/m1/s1. The van der Waals surface area contributed by atoms with E-state index in [4.69, 9.17) is 5.73 Å². The Hall–Kier alpha value is -3.11. The van der Waals surface area contributed by atoms with E-state index in [0.29, 0.717) is 25.3 Å². The van der Waals surface area contributed by atoms with Gasteiger partial charge in [-0.05, 0) is 67.3 Å². The fraction of sp³-hybridized carbons (Fsp3) is 0.458. The Morgan fingerprint density at radius 3 is 2.43 bits per heavy atom. The summed E-state index contributed by atoms with van der Waals surface area (Å²) in [6.45, 7) is 0. The largest absolute Gasteiger partial charge is 0.416 e. The number of likely N-dealkylation sites (tertiary alicyclic amines) is 1. The fourth-order valence-electron chi connectivity index (χ4n) is 5.84. The van der Waals surface area contributed by atoms with Gasteiger partial charge in [-0.3, -0.25) is 14.6 Å². The van der Waals surface area contributed by atoms with Gasteiger partial charge in [-0.15, -0.1) is 0 Å². The molecule has 35 heavy (non-hydrogen) atoms. The van der Waals surface area contributed by atoms with Crippen molar-refractivity contribution in [1.82, 2.24) is 9.88 Å². The predicted octanol–water partition coefficient (Wildman–Crippen LogP) is 4.83. The van der Waals surface area contributed by atoms with E-state index < -0.39 is 59.0 Å². The number of nitrogens with two attached hydrogens (primary N) is 1. The molecule has 4 atom stereocenters. The molecule has 3 fully saturated rings. The van der Waals surface area contributed by atoms with E-state index in [2.05, 4.69) is 4.98 Å². The van der Waals surface area contributed by atoms with Gasteiger partial charge in [0.2, 0.25) is 5.91 Å². The van der Waals surface area contributed by atoms with Crippen LogP contribution in [0.4, 0.5) is 26.3 Å². The van der Waals surface area contributed by atoms with Crippen LogP contribution in [0.3, 0.4) is 0 Å². The van der Waals surface area contributed by atoms with Crippen molar-refractivity contribution in [3.8, 4) is 0 Å². The summed E-state index contributed by atoms with van der Waals surface area (Å²) in [5, 5.41) is 0. The number of hydrogen-bond donors (Lipinski definition) is 1. The normalized spacial score (nSPS) is 26.5. The molecule has 0 spiro atoms. The summed E-state index contributed by atoms with van der Waals surface area (Å²) < 4.78 is 80.8. The molecular formula is C24H21F6N3O2. The Labute approximate surface area is 196 Å². The third-order valence-corrected chi connectivity index (χ3v) is 7.48. The summed E-state index contributed by atoms with van der Waals surface area (Å²) in [7, 11) is 0. The quantitative estimate of drug-likeness (QED) is 0.581. The average Bonchev–Trinajstić information content (AvgIpc) is 3.72. The molecule has 186 valence electrons. The number of piperidine rings is 1. The van der Waals surface area contributed by atoms with Gasteiger partial charge in [0, 0.05) is 17.7 Å². The topological polar surface area (TPSA) is 76.3 Å². The Kier molecular flexibility index (Phi) is 5.37. The third kappa shape index (κ3) is 3.84. The molecule has 2 aliphatic carbocycles. The van der Waals surface area contributed by atoms with Crippen LogP contribution in [0.15, 0.2) is 36.5 Å². The molecular weight excluding hydrogens is 476 g/mol. The number of rotatable bonds is 6. The van der Waals surface area contributed by atoms with Crippen LogP contribution in [0.25, 0.3) is 0 Å². The molecule has 1 aliphatic heterocycles. The zero-order valence-corrected chi connectivity index (χ0v) is 18.2. The molecule has 0 bridgehead atoms. The second kappa shape index (κ2) is 7.96. The molecule has 2 N–H and O–H groups in total. The van der Waals surface area contributed by atoms with Gasteiger partial charge in [-0.2, -0.15) is 13.2 Å².